The van der Waals surface area contributed by atoms with Gasteiger partial charge in [-0.15, -0.1) is 11.3 Å². The number of nitrogens with zero attached hydrogens (tertiary/aromatic N) is 1. The van der Waals surface area contributed by atoms with Crippen LogP contribution in [0.4, 0.5) is 5.13 Å². The summed E-state index contributed by atoms with van der Waals surface area (Å²) in [4.78, 5) is 5.73. The van der Waals surface area contributed by atoms with E-state index in [4.69, 9.17) is 5.73 Å². The van der Waals surface area contributed by atoms with Crippen LogP contribution in [-0.2, 0) is 0 Å². The Kier molecular flexibility index (Phi) is 2.79. The predicted octanol–water partition coefficient (Wildman–Crippen LogP) is 2.64. The van der Waals surface area contributed by atoms with E-state index in [0.717, 1.165) is 5.13 Å². The summed E-state index contributed by atoms with van der Waals surface area (Å²) in [6.07, 6.45) is 2.61. The van der Waals surface area contributed by atoms with Gasteiger partial charge in [0, 0.05) is 16.5 Å². The third kappa shape index (κ3) is 1.99. The molecule has 1 atom stereocenters. The van der Waals surface area contributed by atoms with Crippen molar-refractivity contribution in [1.29, 1.82) is 0 Å². The zero-order valence-electron chi connectivity index (χ0n) is 7.75. The highest BCUT2D eigenvalue weighted by Crippen LogP contribution is 2.34. The Morgan fingerprint density at radius 1 is 1.54 bits per heavy atom. The van der Waals surface area contributed by atoms with Crippen molar-refractivity contribution in [1.82, 2.24) is 4.98 Å². The van der Waals surface area contributed by atoms with E-state index in [1.807, 2.05) is 11.8 Å². The van der Waals surface area contributed by atoms with E-state index in [1.165, 1.54) is 34.9 Å². The van der Waals surface area contributed by atoms with E-state index < -0.39 is 0 Å². The predicted molar refractivity (Wildman–Crippen MR) is 60.6 cm³/mol. The number of rotatable bonds is 1. The van der Waals surface area contributed by atoms with Gasteiger partial charge in [-0.2, -0.15) is 11.8 Å². The average molecular weight is 214 g/mol. The van der Waals surface area contributed by atoms with Gasteiger partial charge in [0.05, 0.1) is 5.69 Å². The molecule has 2 N–H and O–H groups in total. The number of hydrogen-bond donors (Lipinski definition) is 1. The molecule has 0 aromatic carbocycles. The van der Waals surface area contributed by atoms with E-state index in [2.05, 4.69) is 11.9 Å². The molecule has 0 bridgehead atoms. The van der Waals surface area contributed by atoms with Gasteiger partial charge in [0.1, 0.15) is 0 Å². The maximum absolute atomic E-state index is 5.69. The number of nitrogen functional groups attached to an aromatic ring is 1. The number of anilines is 1. The van der Waals surface area contributed by atoms with Crippen molar-refractivity contribution >= 4 is 28.2 Å². The molecule has 2 rings (SSSR count). The lowest BCUT2D eigenvalue weighted by atomic mass is 10.0. The van der Waals surface area contributed by atoms with Crippen molar-refractivity contribution in [3.05, 3.63) is 10.6 Å². The van der Waals surface area contributed by atoms with Crippen LogP contribution < -0.4 is 5.73 Å². The van der Waals surface area contributed by atoms with Crippen LogP contribution in [0.1, 0.15) is 29.3 Å². The molecule has 1 aliphatic rings. The van der Waals surface area contributed by atoms with Gasteiger partial charge in [0.15, 0.2) is 5.13 Å². The molecule has 4 heteroatoms. The summed E-state index contributed by atoms with van der Waals surface area (Å²) < 4.78 is 0. The van der Waals surface area contributed by atoms with Crippen LogP contribution in [0.3, 0.4) is 0 Å². The molecule has 1 unspecified atom stereocenters. The van der Waals surface area contributed by atoms with Gasteiger partial charge in [0.25, 0.3) is 0 Å². The summed E-state index contributed by atoms with van der Waals surface area (Å²) in [5, 5.41) is 0.725. The van der Waals surface area contributed by atoms with Crippen LogP contribution >= 0.6 is 23.1 Å². The fourth-order valence-corrected chi connectivity index (χ4v) is 3.69. The lowest BCUT2D eigenvalue weighted by molar-refractivity contribution is 0.644. The van der Waals surface area contributed by atoms with E-state index >= 15 is 0 Å². The quantitative estimate of drug-likeness (QED) is 0.781. The third-order valence-electron chi connectivity index (χ3n) is 2.40. The van der Waals surface area contributed by atoms with Crippen molar-refractivity contribution in [2.45, 2.75) is 25.7 Å². The summed E-state index contributed by atoms with van der Waals surface area (Å²) in [6, 6.07) is 0. The molecular weight excluding hydrogens is 200 g/mol. The second-order valence-corrected chi connectivity index (χ2v) is 5.79. The number of aryl methyl sites for hydroxylation is 1. The standard InChI is InChI=1S/C9H14N2S2/c1-6-8(11-9(10)13-6)7-3-2-4-12-5-7/h7H,2-5H2,1H3,(H2,10,11). The Hall–Kier alpha value is -0.220. The zero-order valence-corrected chi connectivity index (χ0v) is 9.38. The number of aromatic nitrogens is 1. The Bertz CT molecular complexity index is 290. The normalized spacial score (nSPS) is 23.3. The van der Waals surface area contributed by atoms with Gasteiger partial charge < -0.3 is 5.73 Å². The monoisotopic (exact) mass is 214 g/mol. The van der Waals surface area contributed by atoms with Crippen molar-refractivity contribution in [3.63, 3.8) is 0 Å². The smallest absolute Gasteiger partial charge is 0.180 e. The number of nitrogens with two attached hydrogens (primary N) is 1. The number of hydrogen-bond acceptors (Lipinski definition) is 4. The lowest BCUT2D eigenvalue weighted by Crippen LogP contribution is -2.10. The van der Waals surface area contributed by atoms with Gasteiger partial charge >= 0.3 is 0 Å². The molecule has 0 radical (unpaired) electrons. The Morgan fingerprint density at radius 2 is 2.38 bits per heavy atom. The Labute approximate surface area is 86.9 Å². The van der Waals surface area contributed by atoms with Gasteiger partial charge in [-0.05, 0) is 25.5 Å². The Balaban J connectivity index is 2.18. The first-order valence-electron chi connectivity index (χ1n) is 4.58. The van der Waals surface area contributed by atoms with E-state index in [1.54, 1.807) is 11.3 Å². The van der Waals surface area contributed by atoms with Gasteiger partial charge in [-0.3, -0.25) is 0 Å². The van der Waals surface area contributed by atoms with Crippen LogP contribution in [-0.4, -0.2) is 16.5 Å². The minimum Gasteiger partial charge on any atom is -0.375 e. The SMILES string of the molecule is Cc1sc(N)nc1C1CCCSC1. The van der Waals surface area contributed by atoms with E-state index in [9.17, 15) is 0 Å². The topological polar surface area (TPSA) is 38.9 Å². The first kappa shape index (κ1) is 9.34. The minimum atomic E-state index is 0.660. The summed E-state index contributed by atoms with van der Waals surface area (Å²) in [5.41, 5.74) is 6.95. The maximum atomic E-state index is 5.69. The molecule has 72 valence electrons. The molecule has 1 aromatic rings. The molecule has 1 fully saturated rings. The first-order chi connectivity index (χ1) is 6.27. The summed E-state index contributed by atoms with van der Waals surface area (Å²) in [7, 11) is 0. The molecule has 0 spiro atoms. The van der Waals surface area contributed by atoms with Crippen LogP contribution in [0.2, 0.25) is 0 Å². The van der Waals surface area contributed by atoms with Gasteiger partial charge in [-0.1, -0.05) is 0 Å². The molecule has 13 heavy (non-hydrogen) atoms. The molecule has 0 aliphatic carbocycles. The fourth-order valence-electron chi connectivity index (χ4n) is 1.76. The van der Waals surface area contributed by atoms with Crippen LogP contribution in [0.15, 0.2) is 0 Å². The van der Waals surface area contributed by atoms with Gasteiger partial charge in [-0.25, -0.2) is 4.98 Å². The molecule has 0 amide bonds. The second-order valence-electron chi connectivity index (χ2n) is 3.41. The Morgan fingerprint density at radius 3 is 2.92 bits per heavy atom. The number of thiazole rings is 1. The molecule has 1 saturated heterocycles. The van der Waals surface area contributed by atoms with Gasteiger partial charge in [0.2, 0.25) is 0 Å². The second kappa shape index (κ2) is 3.88. The molecule has 0 saturated carbocycles. The minimum absolute atomic E-state index is 0.660. The van der Waals surface area contributed by atoms with Crippen molar-refractivity contribution in [2.75, 3.05) is 17.2 Å². The van der Waals surface area contributed by atoms with E-state index in [-0.39, 0.29) is 0 Å². The van der Waals surface area contributed by atoms with Crippen molar-refractivity contribution in [3.8, 4) is 0 Å². The molecule has 1 aliphatic heterocycles. The van der Waals surface area contributed by atoms with Crippen LogP contribution in [0.5, 0.6) is 0 Å². The average Bonchev–Trinajstić information content (AvgIpc) is 2.47. The number of thioether (sulfide) groups is 1. The fraction of sp³-hybridized carbons (Fsp3) is 0.667. The highest BCUT2D eigenvalue weighted by atomic mass is 32.2. The zero-order chi connectivity index (χ0) is 9.26. The van der Waals surface area contributed by atoms with Crippen LogP contribution in [0.25, 0.3) is 0 Å². The summed E-state index contributed by atoms with van der Waals surface area (Å²) in [6.45, 7) is 2.13. The van der Waals surface area contributed by atoms with Crippen LogP contribution in [0, 0.1) is 6.92 Å². The molecule has 2 nitrogen and oxygen atoms in total. The molecule has 1 aromatic heterocycles. The molecular formula is C9H14N2S2. The first-order valence-corrected chi connectivity index (χ1v) is 6.55. The highest BCUT2D eigenvalue weighted by Gasteiger charge is 2.20. The third-order valence-corrected chi connectivity index (χ3v) is 4.43. The summed E-state index contributed by atoms with van der Waals surface area (Å²) in [5.74, 6) is 3.20. The summed E-state index contributed by atoms with van der Waals surface area (Å²) >= 11 is 3.66. The van der Waals surface area contributed by atoms with Crippen molar-refractivity contribution in [2.24, 2.45) is 0 Å². The van der Waals surface area contributed by atoms with E-state index in [0.29, 0.717) is 5.92 Å². The van der Waals surface area contributed by atoms with Crippen molar-refractivity contribution < 1.29 is 0 Å². The maximum Gasteiger partial charge on any atom is 0.180 e. The largest absolute Gasteiger partial charge is 0.375 e. The lowest BCUT2D eigenvalue weighted by Gasteiger charge is -2.19. The highest BCUT2D eigenvalue weighted by molar-refractivity contribution is 7.99. The molecule has 2 heterocycles.